The van der Waals surface area contributed by atoms with Crippen LogP contribution in [0.5, 0.6) is 0 Å². The van der Waals surface area contributed by atoms with Gasteiger partial charge in [-0.15, -0.1) is 0 Å². The zero-order chi connectivity index (χ0) is 9.14. The first-order valence-electron chi connectivity index (χ1n) is 3.16. The summed E-state index contributed by atoms with van der Waals surface area (Å²) in [4.78, 5) is 0. The van der Waals surface area contributed by atoms with E-state index in [-0.39, 0.29) is 16.5 Å². The van der Waals surface area contributed by atoms with E-state index in [1.165, 1.54) is 6.07 Å². The van der Waals surface area contributed by atoms with Crippen LogP contribution in [0.15, 0.2) is 16.6 Å². The molecule has 4 heteroatoms. The molecule has 0 atom stereocenters. The van der Waals surface area contributed by atoms with Crippen molar-refractivity contribution in [1.29, 1.82) is 5.26 Å². The van der Waals surface area contributed by atoms with E-state index in [0.717, 1.165) is 6.07 Å². The summed E-state index contributed by atoms with van der Waals surface area (Å²) in [6.45, 7) is 0. The van der Waals surface area contributed by atoms with Gasteiger partial charge in [0.15, 0.2) is 0 Å². The number of hydrogen-bond donors (Lipinski definition) is 0. The highest BCUT2D eigenvalue weighted by atomic mass is 79.9. The Morgan fingerprint density at radius 1 is 1.42 bits per heavy atom. The fourth-order valence-corrected chi connectivity index (χ4v) is 1.18. The van der Waals surface area contributed by atoms with Gasteiger partial charge < -0.3 is 0 Å². The van der Waals surface area contributed by atoms with E-state index < -0.39 is 11.6 Å². The van der Waals surface area contributed by atoms with Crippen LogP contribution in [0, 0.1) is 23.0 Å². The molecule has 0 amide bonds. The molecule has 1 nitrogen and oxygen atoms in total. The van der Waals surface area contributed by atoms with Crippen LogP contribution in [-0.2, 0) is 6.42 Å². The number of rotatable bonds is 1. The zero-order valence-corrected chi connectivity index (χ0v) is 7.53. The third kappa shape index (κ3) is 1.62. The molecule has 1 aromatic rings. The lowest BCUT2D eigenvalue weighted by Gasteiger charge is -2.00. The summed E-state index contributed by atoms with van der Waals surface area (Å²) in [5, 5.41) is 8.26. The molecule has 12 heavy (non-hydrogen) atoms. The third-order valence-corrected chi connectivity index (χ3v) is 2.01. The Morgan fingerprint density at radius 2 is 2.08 bits per heavy atom. The monoisotopic (exact) mass is 231 g/mol. The minimum atomic E-state index is -0.698. The van der Waals surface area contributed by atoms with Crippen LogP contribution in [0.1, 0.15) is 5.56 Å². The van der Waals surface area contributed by atoms with Crippen molar-refractivity contribution in [3.63, 3.8) is 0 Å². The second kappa shape index (κ2) is 3.63. The van der Waals surface area contributed by atoms with Gasteiger partial charge in [-0.25, -0.2) is 8.78 Å². The maximum Gasteiger partial charge on any atom is 0.144 e. The Kier molecular flexibility index (Phi) is 2.77. The van der Waals surface area contributed by atoms with Crippen molar-refractivity contribution in [3.8, 4) is 6.07 Å². The second-order valence-electron chi connectivity index (χ2n) is 2.16. The Morgan fingerprint density at radius 3 is 2.67 bits per heavy atom. The summed E-state index contributed by atoms with van der Waals surface area (Å²) >= 11 is 2.90. The number of benzene rings is 1. The molecule has 0 aliphatic rings. The standard InChI is InChI=1S/C8H4BrF2N/c9-6-1-2-7(10)5(3-4-12)8(6)11/h1-2H,3H2. The molecule has 0 saturated heterocycles. The number of hydrogen-bond acceptors (Lipinski definition) is 1. The minimum Gasteiger partial charge on any atom is -0.207 e. The molecule has 0 aliphatic heterocycles. The molecular weight excluding hydrogens is 228 g/mol. The van der Waals surface area contributed by atoms with E-state index >= 15 is 0 Å². The average molecular weight is 232 g/mol. The quantitative estimate of drug-likeness (QED) is 0.683. The lowest BCUT2D eigenvalue weighted by atomic mass is 10.1. The maximum absolute atomic E-state index is 13.0. The van der Waals surface area contributed by atoms with Gasteiger partial charge >= 0.3 is 0 Å². The Bertz CT molecular complexity index is 344. The fourth-order valence-electron chi connectivity index (χ4n) is 0.810. The minimum absolute atomic E-state index is 0.175. The molecule has 62 valence electrons. The largest absolute Gasteiger partial charge is 0.207 e. The lowest BCUT2D eigenvalue weighted by Crippen LogP contribution is -1.94. The summed E-state index contributed by atoms with van der Waals surface area (Å²) in [6.07, 6.45) is -0.253. The molecule has 0 unspecified atom stereocenters. The topological polar surface area (TPSA) is 23.8 Å². The summed E-state index contributed by atoms with van der Waals surface area (Å²) in [5.74, 6) is -1.38. The first-order chi connectivity index (χ1) is 5.66. The van der Waals surface area contributed by atoms with Crippen LogP contribution >= 0.6 is 15.9 Å². The molecule has 1 aromatic carbocycles. The van der Waals surface area contributed by atoms with Gasteiger partial charge in [0.1, 0.15) is 11.6 Å². The molecule has 0 heterocycles. The summed E-state index contributed by atoms with van der Waals surface area (Å²) < 4.78 is 26.0. The Hall–Kier alpha value is -0.950. The Labute approximate surface area is 76.8 Å². The van der Waals surface area contributed by atoms with Crippen LogP contribution in [0.3, 0.4) is 0 Å². The van der Waals surface area contributed by atoms with Crippen molar-refractivity contribution in [2.75, 3.05) is 0 Å². The van der Waals surface area contributed by atoms with Crippen molar-refractivity contribution in [2.45, 2.75) is 6.42 Å². The van der Waals surface area contributed by atoms with Crippen LogP contribution < -0.4 is 0 Å². The van der Waals surface area contributed by atoms with Gasteiger partial charge in [0, 0.05) is 5.56 Å². The van der Waals surface area contributed by atoms with E-state index in [4.69, 9.17) is 5.26 Å². The number of nitrogens with zero attached hydrogens (tertiary/aromatic N) is 1. The third-order valence-electron chi connectivity index (χ3n) is 1.39. The van der Waals surface area contributed by atoms with Crippen LogP contribution in [-0.4, -0.2) is 0 Å². The molecule has 0 saturated carbocycles. The van der Waals surface area contributed by atoms with Gasteiger partial charge in [-0.2, -0.15) is 5.26 Å². The van der Waals surface area contributed by atoms with E-state index in [9.17, 15) is 8.78 Å². The van der Waals surface area contributed by atoms with Crippen molar-refractivity contribution in [1.82, 2.24) is 0 Å². The highest BCUT2D eigenvalue weighted by Crippen LogP contribution is 2.21. The van der Waals surface area contributed by atoms with E-state index in [1.807, 2.05) is 0 Å². The predicted molar refractivity (Wildman–Crippen MR) is 43.4 cm³/mol. The fraction of sp³-hybridized carbons (Fsp3) is 0.125. The first-order valence-corrected chi connectivity index (χ1v) is 3.95. The highest BCUT2D eigenvalue weighted by molar-refractivity contribution is 9.10. The molecule has 0 fully saturated rings. The lowest BCUT2D eigenvalue weighted by molar-refractivity contribution is 0.559. The summed E-state index contributed by atoms with van der Waals surface area (Å²) in [6, 6.07) is 4.09. The van der Waals surface area contributed by atoms with Crippen molar-refractivity contribution in [2.24, 2.45) is 0 Å². The molecule has 0 spiro atoms. The van der Waals surface area contributed by atoms with E-state index in [0.29, 0.717) is 0 Å². The highest BCUT2D eigenvalue weighted by Gasteiger charge is 2.10. The van der Waals surface area contributed by atoms with Gasteiger partial charge in [0.25, 0.3) is 0 Å². The average Bonchev–Trinajstić information content (AvgIpc) is 2.06. The predicted octanol–water partition coefficient (Wildman–Crippen LogP) is 2.79. The van der Waals surface area contributed by atoms with E-state index in [1.54, 1.807) is 6.07 Å². The zero-order valence-electron chi connectivity index (χ0n) is 5.94. The SMILES string of the molecule is N#CCc1c(F)ccc(Br)c1F. The number of halogens is 3. The molecule has 0 aromatic heterocycles. The molecule has 1 rings (SSSR count). The second-order valence-corrected chi connectivity index (χ2v) is 3.01. The van der Waals surface area contributed by atoms with Gasteiger partial charge in [-0.05, 0) is 28.1 Å². The molecule has 0 aliphatic carbocycles. The van der Waals surface area contributed by atoms with Crippen LogP contribution in [0.4, 0.5) is 8.78 Å². The van der Waals surface area contributed by atoms with Crippen molar-refractivity contribution in [3.05, 3.63) is 33.8 Å². The van der Waals surface area contributed by atoms with Gasteiger partial charge in [0.2, 0.25) is 0 Å². The first kappa shape index (κ1) is 9.14. The van der Waals surface area contributed by atoms with Crippen LogP contribution in [0.25, 0.3) is 0 Å². The van der Waals surface area contributed by atoms with Crippen LogP contribution in [0.2, 0.25) is 0 Å². The van der Waals surface area contributed by atoms with E-state index in [2.05, 4.69) is 15.9 Å². The molecule has 0 bridgehead atoms. The normalized spacial score (nSPS) is 9.50. The Balaban J connectivity index is 3.25. The van der Waals surface area contributed by atoms with Gasteiger partial charge in [0.05, 0.1) is 17.0 Å². The smallest absolute Gasteiger partial charge is 0.144 e. The summed E-state index contributed by atoms with van der Waals surface area (Å²) in [7, 11) is 0. The van der Waals surface area contributed by atoms with Gasteiger partial charge in [-0.1, -0.05) is 0 Å². The van der Waals surface area contributed by atoms with Crippen molar-refractivity contribution >= 4 is 15.9 Å². The van der Waals surface area contributed by atoms with Crippen molar-refractivity contribution < 1.29 is 8.78 Å². The molecule has 0 radical (unpaired) electrons. The number of nitriles is 1. The molecule has 0 N–H and O–H groups in total. The molecular formula is C8H4BrF2N. The summed E-state index contributed by atoms with van der Waals surface area (Å²) in [5.41, 5.74) is -0.188. The van der Waals surface area contributed by atoms with Gasteiger partial charge in [-0.3, -0.25) is 0 Å². The maximum atomic E-state index is 13.0.